The zero-order valence-corrected chi connectivity index (χ0v) is 17.4. The standard InChI is InChI=1S/C20H16Cl2N2O4S/c21-13-5-6-15(16(22)7-13)20(27)24-8-18(25)23-9-19(26)28-10-12-11-29-17-4-2-1-3-14(12)17/h1-7,11H,8-10H2,(H,23,25)(H,24,27). The normalized spacial score (nSPS) is 10.6. The minimum absolute atomic E-state index is 0.129. The van der Waals surface area contributed by atoms with Crippen molar-refractivity contribution in [2.75, 3.05) is 13.1 Å². The third kappa shape index (κ3) is 5.69. The van der Waals surface area contributed by atoms with Gasteiger partial charge in [-0.3, -0.25) is 14.4 Å². The van der Waals surface area contributed by atoms with Gasteiger partial charge in [0.2, 0.25) is 5.91 Å². The lowest BCUT2D eigenvalue weighted by atomic mass is 10.2. The van der Waals surface area contributed by atoms with E-state index in [-0.39, 0.29) is 30.3 Å². The molecule has 0 unspecified atom stereocenters. The van der Waals surface area contributed by atoms with Gasteiger partial charge in [-0.05, 0) is 35.0 Å². The van der Waals surface area contributed by atoms with Crippen molar-refractivity contribution < 1.29 is 19.1 Å². The monoisotopic (exact) mass is 450 g/mol. The number of hydrogen-bond donors (Lipinski definition) is 2. The summed E-state index contributed by atoms with van der Waals surface area (Å²) < 4.78 is 6.32. The molecule has 0 aliphatic rings. The molecular weight excluding hydrogens is 435 g/mol. The lowest BCUT2D eigenvalue weighted by Crippen LogP contribution is -2.39. The Bertz CT molecular complexity index is 1070. The molecular formula is C20H16Cl2N2O4S. The molecule has 2 amide bonds. The van der Waals surface area contributed by atoms with Gasteiger partial charge < -0.3 is 15.4 Å². The Morgan fingerprint density at radius 2 is 1.79 bits per heavy atom. The van der Waals surface area contributed by atoms with Crippen LogP contribution in [0.5, 0.6) is 0 Å². The number of hydrogen-bond acceptors (Lipinski definition) is 5. The highest BCUT2D eigenvalue weighted by Gasteiger charge is 2.13. The van der Waals surface area contributed by atoms with Crippen molar-refractivity contribution in [1.82, 2.24) is 10.6 Å². The summed E-state index contributed by atoms with van der Waals surface area (Å²) >= 11 is 13.3. The quantitative estimate of drug-likeness (QED) is 0.536. The van der Waals surface area contributed by atoms with E-state index < -0.39 is 17.8 Å². The molecule has 0 aliphatic heterocycles. The molecule has 0 saturated heterocycles. The van der Waals surface area contributed by atoms with Crippen molar-refractivity contribution in [3.63, 3.8) is 0 Å². The molecule has 3 aromatic rings. The molecule has 150 valence electrons. The van der Waals surface area contributed by atoms with E-state index in [1.807, 2.05) is 29.6 Å². The van der Waals surface area contributed by atoms with Crippen LogP contribution >= 0.6 is 34.5 Å². The number of carbonyl (C=O) groups excluding carboxylic acids is 3. The van der Waals surface area contributed by atoms with Crippen LogP contribution in [0, 0.1) is 0 Å². The van der Waals surface area contributed by atoms with Crippen LogP contribution in [0.25, 0.3) is 10.1 Å². The second-order valence-corrected chi connectivity index (χ2v) is 7.76. The first kappa shape index (κ1) is 21.1. The molecule has 0 radical (unpaired) electrons. The number of amides is 2. The van der Waals surface area contributed by atoms with Gasteiger partial charge in [0.15, 0.2) is 0 Å². The third-order valence-corrected chi connectivity index (χ3v) is 5.53. The first-order valence-corrected chi connectivity index (χ1v) is 10.2. The Balaban J connectivity index is 1.40. The van der Waals surface area contributed by atoms with Crippen LogP contribution in [-0.4, -0.2) is 30.9 Å². The Morgan fingerprint density at radius 3 is 2.59 bits per heavy atom. The largest absolute Gasteiger partial charge is 0.459 e. The summed E-state index contributed by atoms with van der Waals surface area (Å²) in [5, 5.41) is 8.39. The van der Waals surface area contributed by atoms with Crippen LogP contribution in [0.1, 0.15) is 15.9 Å². The molecule has 3 rings (SSSR count). The highest BCUT2D eigenvalue weighted by Crippen LogP contribution is 2.26. The van der Waals surface area contributed by atoms with E-state index in [9.17, 15) is 14.4 Å². The molecule has 9 heteroatoms. The SMILES string of the molecule is O=C(CNC(=O)c1ccc(Cl)cc1Cl)NCC(=O)OCc1csc2ccccc12. The lowest BCUT2D eigenvalue weighted by Gasteiger charge is -2.08. The number of thiophene rings is 1. The summed E-state index contributed by atoms with van der Waals surface area (Å²) in [5.41, 5.74) is 1.11. The predicted molar refractivity (Wildman–Crippen MR) is 113 cm³/mol. The van der Waals surface area contributed by atoms with Crippen molar-refractivity contribution in [3.8, 4) is 0 Å². The zero-order chi connectivity index (χ0) is 20.8. The highest BCUT2D eigenvalue weighted by atomic mass is 35.5. The molecule has 0 bridgehead atoms. The van der Waals surface area contributed by atoms with Gasteiger partial charge in [0.1, 0.15) is 13.2 Å². The number of halogens is 2. The molecule has 2 N–H and O–H groups in total. The number of rotatable bonds is 7. The third-order valence-electron chi connectivity index (χ3n) is 3.96. The van der Waals surface area contributed by atoms with Gasteiger partial charge in [0.05, 0.1) is 17.1 Å². The van der Waals surface area contributed by atoms with Gasteiger partial charge in [-0.25, -0.2) is 0 Å². The molecule has 0 atom stereocenters. The van der Waals surface area contributed by atoms with E-state index in [1.165, 1.54) is 18.2 Å². The summed E-state index contributed by atoms with van der Waals surface area (Å²) in [6.45, 7) is -0.469. The summed E-state index contributed by atoms with van der Waals surface area (Å²) in [6.07, 6.45) is 0. The maximum absolute atomic E-state index is 12.1. The second-order valence-electron chi connectivity index (χ2n) is 6.00. The molecule has 0 aliphatic carbocycles. The van der Waals surface area contributed by atoms with E-state index >= 15 is 0 Å². The summed E-state index contributed by atoms with van der Waals surface area (Å²) in [6, 6.07) is 12.3. The molecule has 29 heavy (non-hydrogen) atoms. The Kier molecular flexibility index (Phi) is 7.09. The highest BCUT2D eigenvalue weighted by molar-refractivity contribution is 7.17. The molecule has 0 spiro atoms. The van der Waals surface area contributed by atoms with E-state index in [1.54, 1.807) is 11.3 Å². The van der Waals surface area contributed by atoms with E-state index in [2.05, 4.69) is 10.6 Å². The average molecular weight is 451 g/mol. The van der Waals surface area contributed by atoms with Crippen LogP contribution in [-0.2, 0) is 20.9 Å². The first-order valence-electron chi connectivity index (χ1n) is 8.54. The van der Waals surface area contributed by atoms with E-state index in [0.717, 1.165) is 15.6 Å². The molecule has 0 fully saturated rings. The molecule has 0 saturated carbocycles. The predicted octanol–water partition coefficient (Wildman–Crippen LogP) is 3.80. The zero-order valence-electron chi connectivity index (χ0n) is 15.0. The molecule has 1 heterocycles. The number of benzene rings is 2. The van der Waals surface area contributed by atoms with Gasteiger partial charge in [0.25, 0.3) is 5.91 Å². The number of carbonyl (C=O) groups is 3. The fourth-order valence-electron chi connectivity index (χ4n) is 2.52. The minimum Gasteiger partial charge on any atom is -0.459 e. The van der Waals surface area contributed by atoms with Crippen LogP contribution in [0.15, 0.2) is 47.8 Å². The Morgan fingerprint density at radius 1 is 1.00 bits per heavy atom. The van der Waals surface area contributed by atoms with Crippen molar-refractivity contribution in [3.05, 3.63) is 69.0 Å². The maximum Gasteiger partial charge on any atom is 0.325 e. The summed E-state index contributed by atoms with van der Waals surface area (Å²) in [5.74, 6) is -1.61. The van der Waals surface area contributed by atoms with Crippen LogP contribution in [0.3, 0.4) is 0 Å². The first-order chi connectivity index (χ1) is 13.9. The number of nitrogens with one attached hydrogen (secondary N) is 2. The molecule has 2 aromatic carbocycles. The second kappa shape index (κ2) is 9.73. The van der Waals surface area contributed by atoms with Gasteiger partial charge in [0, 0.05) is 15.3 Å². The van der Waals surface area contributed by atoms with Gasteiger partial charge in [-0.1, -0.05) is 41.4 Å². The van der Waals surface area contributed by atoms with E-state index in [0.29, 0.717) is 5.02 Å². The number of fused-ring (bicyclic) bond motifs is 1. The summed E-state index contributed by atoms with van der Waals surface area (Å²) in [4.78, 5) is 35.8. The number of ether oxygens (including phenoxy) is 1. The van der Waals surface area contributed by atoms with Crippen LogP contribution in [0.2, 0.25) is 10.0 Å². The Labute approximate surface area is 180 Å². The minimum atomic E-state index is -0.569. The lowest BCUT2D eigenvalue weighted by molar-refractivity contribution is -0.145. The van der Waals surface area contributed by atoms with Crippen molar-refractivity contribution >= 4 is 62.4 Å². The topological polar surface area (TPSA) is 84.5 Å². The van der Waals surface area contributed by atoms with Crippen LogP contribution in [0.4, 0.5) is 0 Å². The smallest absolute Gasteiger partial charge is 0.325 e. The fraction of sp³-hybridized carbons (Fsp3) is 0.150. The van der Waals surface area contributed by atoms with E-state index in [4.69, 9.17) is 27.9 Å². The molecule has 6 nitrogen and oxygen atoms in total. The summed E-state index contributed by atoms with van der Waals surface area (Å²) in [7, 11) is 0. The van der Waals surface area contributed by atoms with Gasteiger partial charge in [-0.15, -0.1) is 11.3 Å². The average Bonchev–Trinajstić information content (AvgIpc) is 3.12. The van der Waals surface area contributed by atoms with Crippen molar-refractivity contribution in [1.29, 1.82) is 0 Å². The molecule has 1 aromatic heterocycles. The van der Waals surface area contributed by atoms with Gasteiger partial charge >= 0.3 is 5.97 Å². The Hall–Kier alpha value is -2.61. The van der Waals surface area contributed by atoms with Crippen molar-refractivity contribution in [2.24, 2.45) is 0 Å². The van der Waals surface area contributed by atoms with Gasteiger partial charge in [-0.2, -0.15) is 0 Å². The number of esters is 1. The maximum atomic E-state index is 12.1. The fourth-order valence-corrected chi connectivity index (χ4v) is 3.96. The van der Waals surface area contributed by atoms with Crippen molar-refractivity contribution in [2.45, 2.75) is 6.61 Å². The van der Waals surface area contributed by atoms with Crippen LogP contribution < -0.4 is 10.6 Å².